The lowest BCUT2D eigenvalue weighted by Gasteiger charge is -2.22. The number of aryl methyl sites for hydroxylation is 1. The van der Waals surface area contributed by atoms with Gasteiger partial charge in [0.25, 0.3) is 0 Å². The molecule has 1 aliphatic heterocycles. The predicted molar refractivity (Wildman–Crippen MR) is 85.7 cm³/mol. The Balaban J connectivity index is 1.90. The first-order chi connectivity index (χ1) is 9.42. The number of likely N-dealkylation sites (tertiary alicyclic amines) is 1. The average molecular weight is 340 g/mol. The number of anilines is 1. The van der Waals surface area contributed by atoms with E-state index in [0.29, 0.717) is 13.1 Å². The summed E-state index contributed by atoms with van der Waals surface area (Å²) in [6.07, 6.45) is 1.06. The first-order valence-electron chi connectivity index (χ1n) is 6.90. The molecule has 1 unspecified atom stereocenters. The van der Waals surface area contributed by atoms with Crippen LogP contribution in [0.15, 0.2) is 22.7 Å². The summed E-state index contributed by atoms with van der Waals surface area (Å²) in [4.78, 5) is 14.3. The van der Waals surface area contributed by atoms with Crippen LogP contribution in [0.1, 0.15) is 18.9 Å². The van der Waals surface area contributed by atoms with Gasteiger partial charge < -0.3 is 11.1 Å². The van der Waals surface area contributed by atoms with Gasteiger partial charge in [0.2, 0.25) is 5.91 Å². The Labute approximate surface area is 128 Å². The van der Waals surface area contributed by atoms with Gasteiger partial charge in [-0.15, -0.1) is 0 Å². The van der Waals surface area contributed by atoms with Crippen molar-refractivity contribution >= 4 is 27.5 Å². The molecule has 3 N–H and O–H groups in total. The van der Waals surface area contributed by atoms with Crippen LogP contribution < -0.4 is 11.1 Å². The second kappa shape index (κ2) is 6.24. The number of halogens is 1. The second-order valence-electron chi connectivity index (χ2n) is 5.98. The molecule has 20 heavy (non-hydrogen) atoms. The van der Waals surface area contributed by atoms with Crippen LogP contribution in [0.5, 0.6) is 0 Å². The molecule has 0 aromatic heterocycles. The summed E-state index contributed by atoms with van der Waals surface area (Å²) < 4.78 is 1.02. The molecule has 2 rings (SSSR count). The Morgan fingerprint density at radius 3 is 2.90 bits per heavy atom. The minimum absolute atomic E-state index is 0.0386. The molecule has 110 valence electrons. The minimum Gasteiger partial charge on any atom is -0.330 e. The first-order valence-corrected chi connectivity index (χ1v) is 7.70. The van der Waals surface area contributed by atoms with E-state index in [-0.39, 0.29) is 11.3 Å². The molecule has 5 heteroatoms. The van der Waals surface area contributed by atoms with Crippen molar-refractivity contribution in [3.63, 3.8) is 0 Å². The molecule has 1 heterocycles. The van der Waals surface area contributed by atoms with Crippen molar-refractivity contribution in [3.8, 4) is 0 Å². The Morgan fingerprint density at radius 2 is 2.30 bits per heavy atom. The maximum atomic E-state index is 12.1. The number of nitrogens with two attached hydrogens (primary N) is 1. The molecule has 1 fully saturated rings. The maximum absolute atomic E-state index is 12.1. The highest BCUT2D eigenvalue weighted by molar-refractivity contribution is 9.10. The standard InChI is InChI=1S/C15H22BrN3O/c1-11-7-12(16)3-4-13(11)18-14(20)8-19-6-5-15(2,9-17)10-19/h3-4,7H,5-6,8-10,17H2,1-2H3,(H,18,20). The molecule has 1 aromatic carbocycles. The second-order valence-corrected chi connectivity index (χ2v) is 6.90. The van der Waals surface area contributed by atoms with Crippen molar-refractivity contribution in [1.29, 1.82) is 0 Å². The third kappa shape index (κ3) is 3.81. The highest BCUT2D eigenvalue weighted by Gasteiger charge is 2.33. The van der Waals surface area contributed by atoms with Crippen molar-refractivity contribution in [2.24, 2.45) is 11.1 Å². The molecule has 0 aliphatic carbocycles. The van der Waals surface area contributed by atoms with Crippen LogP contribution in [0, 0.1) is 12.3 Å². The fraction of sp³-hybridized carbons (Fsp3) is 0.533. The van der Waals surface area contributed by atoms with Crippen molar-refractivity contribution in [3.05, 3.63) is 28.2 Å². The van der Waals surface area contributed by atoms with Gasteiger partial charge in [0.05, 0.1) is 6.54 Å². The van der Waals surface area contributed by atoms with E-state index in [1.54, 1.807) is 0 Å². The van der Waals surface area contributed by atoms with E-state index >= 15 is 0 Å². The molecule has 0 saturated carbocycles. The van der Waals surface area contributed by atoms with Crippen LogP contribution in [-0.2, 0) is 4.79 Å². The van der Waals surface area contributed by atoms with E-state index in [1.165, 1.54) is 0 Å². The topological polar surface area (TPSA) is 58.4 Å². The lowest BCUT2D eigenvalue weighted by Crippen LogP contribution is -2.35. The van der Waals surface area contributed by atoms with Gasteiger partial charge in [-0.05, 0) is 55.6 Å². The summed E-state index contributed by atoms with van der Waals surface area (Å²) in [5.41, 5.74) is 7.88. The number of nitrogens with zero attached hydrogens (tertiary/aromatic N) is 1. The van der Waals surface area contributed by atoms with Crippen LogP contribution in [-0.4, -0.2) is 37.0 Å². The third-order valence-electron chi connectivity index (χ3n) is 3.96. The van der Waals surface area contributed by atoms with Crippen molar-refractivity contribution in [2.75, 3.05) is 31.5 Å². The fourth-order valence-electron chi connectivity index (χ4n) is 2.59. The number of amides is 1. The summed E-state index contributed by atoms with van der Waals surface area (Å²) in [6.45, 7) is 7.13. The third-order valence-corrected chi connectivity index (χ3v) is 4.45. The van der Waals surface area contributed by atoms with Crippen LogP contribution in [0.25, 0.3) is 0 Å². The van der Waals surface area contributed by atoms with Crippen molar-refractivity contribution < 1.29 is 4.79 Å². The van der Waals surface area contributed by atoms with Gasteiger partial charge >= 0.3 is 0 Å². The molecule has 1 amide bonds. The molecule has 1 aliphatic rings. The van der Waals surface area contributed by atoms with Gasteiger partial charge in [0, 0.05) is 16.7 Å². The Kier molecular flexibility index (Phi) is 4.83. The summed E-state index contributed by atoms with van der Waals surface area (Å²) in [5, 5.41) is 2.98. The summed E-state index contributed by atoms with van der Waals surface area (Å²) in [5.74, 6) is 0.0386. The van der Waals surface area contributed by atoms with E-state index in [9.17, 15) is 4.79 Å². The number of nitrogens with one attached hydrogen (secondary N) is 1. The van der Waals surface area contributed by atoms with Gasteiger partial charge in [-0.1, -0.05) is 22.9 Å². The molecular weight excluding hydrogens is 318 g/mol. The number of benzene rings is 1. The van der Waals surface area contributed by atoms with Crippen LogP contribution in [0.2, 0.25) is 0 Å². The number of hydrogen-bond acceptors (Lipinski definition) is 3. The van der Waals surface area contributed by atoms with Crippen molar-refractivity contribution in [1.82, 2.24) is 4.90 Å². The van der Waals surface area contributed by atoms with Gasteiger partial charge in [-0.2, -0.15) is 0 Å². The summed E-state index contributed by atoms with van der Waals surface area (Å²) >= 11 is 3.42. The zero-order valence-electron chi connectivity index (χ0n) is 12.1. The summed E-state index contributed by atoms with van der Waals surface area (Å²) in [6, 6.07) is 5.85. The largest absolute Gasteiger partial charge is 0.330 e. The average Bonchev–Trinajstić information content (AvgIpc) is 2.75. The van der Waals surface area contributed by atoms with Crippen LogP contribution in [0.4, 0.5) is 5.69 Å². The van der Waals surface area contributed by atoms with E-state index in [0.717, 1.165) is 35.2 Å². The lowest BCUT2D eigenvalue weighted by molar-refractivity contribution is -0.117. The highest BCUT2D eigenvalue weighted by atomic mass is 79.9. The molecule has 1 aromatic rings. The van der Waals surface area contributed by atoms with E-state index < -0.39 is 0 Å². The van der Waals surface area contributed by atoms with Gasteiger partial charge in [0.15, 0.2) is 0 Å². The van der Waals surface area contributed by atoms with Crippen molar-refractivity contribution in [2.45, 2.75) is 20.3 Å². The Morgan fingerprint density at radius 1 is 1.55 bits per heavy atom. The highest BCUT2D eigenvalue weighted by Crippen LogP contribution is 2.28. The molecule has 1 saturated heterocycles. The van der Waals surface area contributed by atoms with E-state index in [1.807, 2.05) is 25.1 Å². The quantitative estimate of drug-likeness (QED) is 0.885. The molecular formula is C15H22BrN3O. The fourth-order valence-corrected chi connectivity index (χ4v) is 3.06. The monoisotopic (exact) mass is 339 g/mol. The number of carbonyl (C=O) groups excluding carboxylic acids is 1. The lowest BCUT2D eigenvalue weighted by atomic mass is 9.90. The maximum Gasteiger partial charge on any atom is 0.238 e. The zero-order valence-corrected chi connectivity index (χ0v) is 13.7. The number of hydrogen-bond donors (Lipinski definition) is 2. The molecule has 0 spiro atoms. The number of carbonyl (C=O) groups is 1. The normalized spacial score (nSPS) is 23.0. The molecule has 0 bridgehead atoms. The van der Waals surface area contributed by atoms with Gasteiger partial charge in [-0.25, -0.2) is 0 Å². The summed E-state index contributed by atoms with van der Waals surface area (Å²) in [7, 11) is 0. The van der Waals surface area contributed by atoms with Crippen LogP contribution in [0.3, 0.4) is 0 Å². The predicted octanol–water partition coefficient (Wildman–Crippen LogP) is 2.37. The zero-order chi connectivity index (χ0) is 14.8. The minimum atomic E-state index is 0.0386. The van der Waals surface area contributed by atoms with Gasteiger partial charge in [0.1, 0.15) is 0 Å². The smallest absolute Gasteiger partial charge is 0.238 e. The Bertz CT molecular complexity index is 506. The molecule has 4 nitrogen and oxygen atoms in total. The molecule has 1 atom stereocenters. The van der Waals surface area contributed by atoms with Crippen LogP contribution >= 0.6 is 15.9 Å². The Hall–Kier alpha value is -0.910. The van der Waals surface area contributed by atoms with Gasteiger partial charge in [-0.3, -0.25) is 9.69 Å². The SMILES string of the molecule is Cc1cc(Br)ccc1NC(=O)CN1CCC(C)(CN)C1. The number of rotatable bonds is 4. The van der Waals surface area contributed by atoms with E-state index in [2.05, 4.69) is 33.1 Å². The van der Waals surface area contributed by atoms with E-state index in [4.69, 9.17) is 5.73 Å². The molecule has 0 radical (unpaired) electrons. The first kappa shape index (κ1) is 15.5.